The van der Waals surface area contributed by atoms with Crippen molar-refractivity contribution in [2.45, 2.75) is 44.9 Å². The molecule has 0 aliphatic rings. The van der Waals surface area contributed by atoms with E-state index in [1.54, 1.807) is 0 Å². The molecule has 0 fully saturated rings. The van der Waals surface area contributed by atoms with Gasteiger partial charge in [-0.1, -0.05) is 57.0 Å². The highest BCUT2D eigenvalue weighted by molar-refractivity contribution is 5.50. The number of aldehydes is 1. The first-order chi connectivity index (χ1) is 8.75. The molecular weight excluding hydrogens is 222 g/mol. The van der Waals surface area contributed by atoms with Crippen LogP contribution in [0, 0.1) is 17.2 Å². The molecule has 1 aromatic carbocycles. The molecule has 96 valence electrons. The lowest BCUT2D eigenvalue weighted by Gasteiger charge is -2.34. The zero-order chi connectivity index (χ0) is 13.4. The third-order valence-electron chi connectivity index (χ3n) is 3.83. The third-order valence-corrected chi connectivity index (χ3v) is 3.83. The van der Waals surface area contributed by atoms with Gasteiger partial charge in [0.1, 0.15) is 6.29 Å². The first kappa shape index (κ1) is 14.4. The molecule has 1 aromatic rings. The lowest BCUT2D eigenvalue weighted by atomic mass is 9.66. The Bertz CT molecular complexity index is 403. The summed E-state index contributed by atoms with van der Waals surface area (Å²) in [7, 11) is 0. The van der Waals surface area contributed by atoms with E-state index in [1.165, 1.54) is 0 Å². The summed E-state index contributed by atoms with van der Waals surface area (Å²) in [6.07, 6.45) is 3.88. The quantitative estimate of drug-likeness (QED) is 0.682. The summed E-state index contributed by atoms with van der Waals surface area (Å²) >= 11 is 0. The fourth-order valence-electron chi connectivity index (χ4n) is 2.80. The van der Waals surface area contributed by atoms with Crippen molar-refractivity contribution in [1.82, 2.24) is 0 Å². The Morgan fingerprint density at radius 3 is 2.33 bits per heavy atom. The van der Waals surface area contributed by atoms with Gasteiger partial charge in [0.2, 0.25) is 0 Å². The Kier molecular flexibility index (Phi) is 5.58. The SMILES string of the molecule is CCC(CC)C(C#N)(CCC=O)c1ccccc1. The summed E-state index contributed by atoms with van der Waals surface area (Å²) in [6, 6.07) is 12.4. The zero-order valence-electron chi connectivity index (χ0n) is 11.2. The van der Waals surface area contributed by atoms with E-state index in [1.807, 2.05) is 30.3 Å². The Labute approximate surface area is 110 Å². The van der Waals surface area contributed by atoms with Crippen LogP contribution >= 0.6 is 0 Å². The molecule has 0 saturated heterocycles. The fraction of sp³-hybridized carbons (Fsp3) is 0.500. The zero-order valence-corrected chi connectivity index (χ0v) is 11.2. The second-order valence-corrected chi connectivity index (χ2v) is 4.67. The van der Waals surface area contributed by atoms with Crippen LogP contribution < -0.4 is 0 Å². The average molecular weight is 243 g/mol. The molecule has 2 heteroatoms. The summed E-state index contributed by atoms with van der Waals surface area (Å²) in [5.74, 6) is 0.296. The van der Waals surface area contributed by atoms with Gasteiger partial charge in [0, 0.05) is 6.42 Å². The van der Waals surface area contributed by atoms with E-state index in [0.29, 0.717) is 18.8 Å². The number of carbonyl (C=O) groups excluding carboxylic acids is 1. The van der Waals surface area contributed by atoms with Crippen LogP contribution in [0.2, 0.25) is 0 Å². The molecule has 0 aromatic heterocycles. The van der Waals surface area contributed by atoms with Gasteiger partial charge in [-0.2, -0.15) is 5.26 Å². The molecule has 1 rings (SSSR count). The maximum absolute atomic E-state index is 10.7. The van der Waals surface area contributed by atoms with Crippen molar-refractivity contribution in [3.8, 4) is 6.07 Å². The average Bonchev–Trinajstić information content (AvgIpc) is 2.44. The lowest BCUT2D eigenvalue weighted by molar-refractivity contribution is -0.108. The molecule has 0 bridgehead atoms. The minimum Gasteiger partial charge on any atom is -0.303 e. The molecule has 1 atom stereocenters. The topological polar surface area (TPSA) is 40.9 Å². The third kappa shape index (κ3) is 2.79. The molecule has 1 unspecified atom stereocenters. The second-order valence-electron chi connectivity index (χ2n) is 4.67. The van der Waals surface area contributed by atoms with Crippen molar-refractivity contribution in [2.75, 3.05) is 0 Å². The highest BCUT2D eigenvalue weighted by atomic mass is 16.1. The number of nitrogens with zero attached hydrogens (tertiary/aromatic N) is 1. The number of hydrogen-bond donors (Lipinski definition) is 0. The molecule has 18 heavy (non-hydrogen) atoms. The molecule has 0 amide bonds. The van der Waals surface area contributed by atoms with Crippen molar-refractivity contribution in [3.63, 3.8) is 0 Å². The van der Waals surface area contributed by atoms with Gasteiger partial charge in [0.25, 0.3) is 0 Å². The predicted molar refractivity (Wildman–Crippen MR) is 73.1 cm³/mol. The minimum absolute atomic E-state index is 0.296. The fourth-order valence-corrected chi connectivity index (χ4v) is 2.80. The molecule has 0 aliphatic carbocycles. The second kappa shape index (κ2) is 6.96. The first-order valence-electron chi connectivity index (χ1n) is 6.65. The van der Waals surface area contributed by atoms with E-state index < -0.39 is 5.41 Å². The van der Waals surface area contributed by atoms with Gasteiger partial charge in [0.15, 0.2) is 0 Å². The molecule has 0 spiro atoms. The standard InChI is InChI=1S/C16H21NO/c1-3-14(4-2)16(13-17,11-8-12-18)15-9-6-5-7-10-15/h5-7,9-10,12,14H,3-4,8,11H2,1-2H3. The molecule has 0 saturated carbocycles. The summed E-state index contributed by atoms with van der Waals surface area (Å²) < 4.78 is 0. The van der Waals surface area contributed by atoms with Crippen molar-refractivity contribution in [3.05, 3.63) is 35.9 Å². The predicted octanol–water partition coefficient (Wildman–Crippen LogP) is 3.86. The molecule has 0 heterocycles. The Balaban J connectivity index is 3.22. The highest BCUT2D eigenvalue weighted by Crippen LogP contribution is 2.39. The summed E-state index contributed by atoms with van der Waals surface area (Å²) in [5, 5.41) is 9.72. The Hall–Kier alpha value is -1.62. The van der Waals surface area contributed by atoms with Crippen molar-refractivity contribution in [1.29, 1.82) is 5.26 Å². The van der Waals surface area contributed by atoms with E-state index in [0.717, 1.165) is 24.7 Å². The minimum atomic E-state index is -0.522. The van der Waals surface area contributed by atoms with Crippen LogP contribution in [0.1, 0.15) is 45.1 Å². The maximum atomic E-state index is 10.7. The lowest BCUT2D eigenvalue weighted by Crippen LogP contribution is -2.33. The largest absolute Gasteiger partial charge is 0.303 e. The molecular formula is C16H21NO. The van der Waals surface area contributed by atoms with E-state index >= 15 is 0 Å². The van der Waals surface area contributed by atoms with Gasteiger partial charge in [-0.25, -0.2) is 0 Å². The van der Waals surface area contributed by atoms with Gasteiger partial charge >= 0.3 is 0 Å². The molecule has 2 nitrogen and oxygen atoms in total. The van der Waals surface area contributed by atoms with Crippen LogP contribution in [0.5, 0.6) is 0 Å². The number of rotatable bonds is 7. The number of hydrogen-bond acceptors (Lipinski definition) is 2. The van der Waals surface area contributed by atoms with Crippen molar-refractivity contribution in [2.24, 2.45) is 5.92 Å². The van der Waals surface area contributed by atoms with Crippen LogP contribution in [-0.4, -0.2) is 6.29 Å². The van der Waals surface area contributed by atoms with Gasteiger partial charge in [0.05, 0.1) is 11.5 Å². The molecule has 0 aliphatic heterocycles. The van der Waals surface area contributed by atoms with Gasteiger partial charge < -0.3 is 4.79 Å². The van der Waals surface area contributed by atoms with Crippen LogP contribution in [0.25, 0.3) is 0 Å². The van der Waals surface area contributed by atoms with Crippen LogP contribution in [0.15, 0.2) is 30.3 Å². The van der Waals surface area contributed by atoms with Crippen LogP contribution in [0.3, 0.4) is 0 Å². The summed E-state index contributed by atoms with van der Waals surface area (Å²) in [6.45, 7) is 4.23. The van der Waals surface area contributed by atoms with Gasteiger partial charge in [-0.3, -0.25) is 0 Å². The van der Waals surface area contributed by atoms with E-state index in [2.05, 4.69) is 19.9 Å². The summed E-state index contributed by atoms with van der Waals surface area (Å²) in [4.78, 5) is 10.7. The number of carbonyl (C=O) groups is 1. The van der Waals surface area contributed by atoms with Gasteiger partial charge in [-0.05, 0) is 17.9 Å². The molecule has 0 N–H and O–H groups in total. The van der Waals surface area contributed by atoms with Gasteiger partial charge in [-0.15, -0.1) is 0 Å². The number of benzene rings is 1. The molecule has 0 radical (unpaired) electrons. The Morgan fingerprint density at radius 2 is 1.89 bits per heavy atom. The van der Waals surface area contributed by atoms with Crippen molar-refractivity contribution >= 4 is 6.29 Å². The smallest absolute Gasteiger partial charge is 0.120 e. The van der Waals surface area contributed by atoms with E-state index in [-0.39, 0.29) is 0 Å². The maximum Gasteiger partial charge on any atom is 0.120 e. The van der Waals surface area contributed by atoms with Crippen molar-refractivity contribution < 1.29 is 4.79 Å². The normalized spacial score (nSPS) is 13.9. The summed E-state index contributed by atoms with van der Waals surface area (Å²) in [5.41, 5.74) is 0.522. The van der Waals surface area contributed by atoms with E-state index in [9.17, 15) is 10.1 Å². The highest BCUT2D eigenvalue weighted by Gasteiger charge is 2.38. The van der Waals surface area contributed by atoms with E-state index in [4.69, 9.17) is 0 Å². The first-order valence-corrected chi connectivity index (χ1v) is 6.65. The monoisotopic (exact) mass is 243 g/mol. The number of nitriles is 1. The van der Waals surface area contributed by atoms with Crippen LogP contribution in [-0.2, 0) is 10.2 Å². The Morgan fingerprint density at radius 1 is 1.28 bits per heavy atom. The van der Waals surface area contributed by atoms with Crippen LogP contribution in [0.4, 0.5) is 0 Å².